The summed E-state index contributed by atoms with van der Waals surface area (Å²) in [5.41, 5.74) is 0. The summed E-state index contributed by atoms with van der Waals surface area (Å²) >= 11 is 0. The van der Waals surface area contributed by atoms with E-state index < -0.39 is 0 Å². The van der Waals surface area contributed by atoms with Gasteiger partial charge in [0.2, 0.25) is 0 Å². The number of benzene rings is 3. The van der Waals surface area contributed by atoms with Gasteiger partial charge < -0.3 is 6.15 Å². The van der Waals surface area contributed by atoms with Crippen LogP contribution >= 0.6 is 24.8 Å². The molecule has 3 N–H and O–H groups in total. The van der Waals surface area contributed by atoms with E-state index in [1.54, 1.807) is 0 Å². The fourth-order valence-electron chi connectivity index (χ4n) is 1.15. The molecule has 0 spiro atoms. The van der Waals surface area contributed by atoms with Crippen LogP contribution in [0.15, 0.2) is 109 Å². The molecule has 3 aromatic carbocycles. The molecule has 0 aromatic heterocycles. The van der Waals surface area contributed by atoms with E-state index in [1.807, 2.05) is 109 Å². The molecular formula is C18H23Cl2N. The highest BCUT2D eigenvalue weighted by Gasteiger charge is 1.59. The zero-order valence-electron chi connectivity index (χ0n) is 11.9. The van der Waals surface area contributed by atoms with Crippen molar-refractivity contribution in [2.24, 2.45) is 0 Å². The van der Waals surface area contributed by atoms with Crippen LogP contribution in [0.4, 0.5) is 0 Å². The van der Waals surface area contributed by atoms with Crippen LogP contribution in [0.1, 0.15) is 0 Å². The summed E-state index contributed by atoms with van der Waals surface area (Å²) in [6.45, 7) is 0. The maximum atomic E-state index is 2.00. The van der Waals surface area contributed by atoms with Gasteiger partial charge in [0.25, 0.3) is 0 Å². The smallest absolute Gasteiger partial charge is 0.0623 e. The lowest BCUT2D eigenvalue weighted by molar-refractivity contribution is 1.72. The molecule has 0 atom stereocenters. The Morgan fingerprint density at radius 3 is 0.286 bits per heavy atom. The Morgan fingerprint density at radius 1 is 0.190 bits per heavy atom. The second kappa shape index (κ2) is 20.5. The van der Waals surface area contributed by atoms with Gasteiger partial charge in [-0.3, -0.25) is 0 Å². The first kappa shape index (κ1) is 24.2. The molecule has 0 unspecified atom stereocenters. The van der Waals surface area contributed by atoms with Crippen molar-refractivity contribution >= 4 is 24.8 Å². The lowest BCUT2D eigenvalue weighted by Crippen LogP contribution is -1.47. The summed E-state index contributed by atoms with van der Waals surface area (Å²) in [5.74, 6) is 0. The average Bonchev–Trinajstić information content (AvgIpc) is 2.54. The highest BCUT2D eigenvalue weighted by Crippen LogP contribution is 1.81. The van der Waals surface area contributed by atoms with Crippen LogP contribution in [0, 0.1) is 0 Å². The molecule has 0 aliphatic heterocycles. The van der Waals surface area contributed by atoms with Crippen LogP contribution < -0.4 is 6.15 Å². The predicted molar refractivity (Wildman–Crippen MR) is 98.8 cm³/mol. The third-order valence-corrected chi connectivity index (χ3v) is 2.00. The second-order valence-corrected chi connectivity index (χ2v) is 3.46. The average molecular weight is 324 g/mol. The first-order chi connectivity index (χ1) is 9.00. The van der Waals surface area contributed by atoms with E-state index in [2.05, 4.69) is 0 Å². The molecule has 3 heteroatoms. The molecule has 0 aliphatic carbocycles. The van der Waals surface area contributed by atoms with Crippen LogP contribution in [-0.2, 0) is 0 Å². The minimum absolute atomic E-state index is 0. The lowest BCUT2D eigenvalue weighted by Gasteiger charge is -1.69. The molecule has 0 aliphatic rings. The molecule has 1 nitrogen and oxygen atoms in total. The first-order valence-corrected chi connectivity index (χ1v) is 6.00. The summed E-state index contributed by atoms with van der Waals surface area (Å²) in [4.78, 5) is 0. The maximum absolute atomic E-state index is 2.00. The van der Waals surface area contributed by atoms with Crippen molar-refractivity contribution in [3.63, 3.8) is 0 Å². The zero-order chi connectivity index (χ0) is 12.7. The van der Waals surface area contributed by atoms with E-state index in [0.29, 0.717) is 0 Å². The predicted octanol–water partition coefficient (Wildman–Crippen LogP) is 6.07. The summed E-state index contributed by atoms with van der Waals surface area (Å²) in [6.07, 6.45) is 0. The number of hydrogen-bond donors (Lipinski definition) is 1. The summed E-state index contributed by atoms with van der Waals surface area (Å²) < 4.78 is 0. The second-order valence-electron chi connectivity index (χ2n) is 3.46. The molecule has 0 heterocycles. The van der Waals surface area contributed by atoms with E-state index in [1.165, 1.54) is 0 Å². The van der Waals surface area contributed by atoms with E-state index in [0.717, 1.165) is 0 Å². The van der Waals surface area contributed by atoms with Crippen LogP contribution in [0.2, 0.25) is 0 Å². The highest BCUT2D eigenvalue weighted by atomic mass is 35.5. The summed E-state index contributed by atoms with van der Waals surface area (Å²) in [5, 5.41) is 0. The molecule has 114 valence electrons. The van der Waals surface area contributed by atoms with Gasteiger partial charge in [-0.05, 0) is 0 Å². The van der Waals surface area contributed by atoms with Crippen molar-refractivity contribution in [2.75, 3.05) is 0 Å². The Bertz CT molecular complexity index is 306. The number of halogens is 2. The van der Waals surface area contributed by atoms with Gasteiger partial charge in [0.05, 0.1) is 0 Å². The monoisotopic (exact) mass is 323 g/mol. The molecule has 0 amide bonds. The molecule has 21 heavy (non-hydrogen) atoms. The van der Waals surface area contributed by atoms with Crippen molar-refractivity contribution in [1.82, 2.24) is 6.15 Å². The topological polar surface area (TPSA) is 35.0 Å². The molecule has 3 rings (SSSR count). The third-order valence-electron chi connectivity index (χ3n) is 2.00. The molecule has 0 fully saturated rings. The van der Waals surface area contributed by atoms with E-state index >= 15 is 0 Å². The third kappa shape index (κ3) is 18.2. The molecule has 0 bridgehead atoms. The molecule has 3 aromatic rings. The minimum Gasteiger partial charge on any atom is -0.344 e. The molecular weight excluding hydrogens is 301 g/mol. The maximum Gasteiger partial charge on any atom is -0.0623 e. The Balaban J connectivity index is -0.000000216. The van der Waals surface area contributed by atoms with Crippen LogP contribution in [0.25, 0.3) is 0 Å². The largest absolute Gasteiger partial charge is 0.344 e. The number of hydrogen-bond acceptors (Lipinski definition) is 1. The van der Waals surface area contributed by atoms with Gasteiger partial charge in [-0.2, -0.15) is 0 Å². The molecule has 0 saturated carbocycles. The molecule has 0 saturated heterocycles. The summed E-state index contributed by atoms with van der Waals surface area (Å²) in [6, 6.07) is 36.0. The highest BCUT2D eigenvalue weighted by molar-refractivity contribution is 5.85. The van der Waals surface area contributed by atoms with Gasteiger partial charge in [-0.1, -0.05) is 109 Å². The Kier molecular flexibility index (Phi) is 23.7. The van der Waals surface area contributed by atoms with Crippen molar-refractivity contribution in [3.8, 4) is 0 Å². The Labute approximate surface area is 140 Å². The van der Waals surface area contributed by atoms with Crippen LogP contribution in [0.3, 0.4) is 0 Å². The van der Waals surface area contributed by atoms with Gasteiger partial charge in [0, 0.05) is 0 Å². The van der Waals surface area contributed by atoms with Crippen molar-refractivity contribution in [2.45, 2.75) is 0 Å². The zero-order valence-corrected chi connectivity index (χ0v) is 13.5. The molecule has 0 radical (unpaired) electrons. The van der Waals surface area contributed by atoms with Gasteiger partial charge in [-0.15, -0.1) is 24.8 Å². The lowest BCUT2D eigenvalue weighted by atomic mass is 10.4. The van der Waals surface area contributed by atoms with Crippen molar-refractivity contribution in [1.29, 1.82) is 0 Å². The summed E-state index contributed by atoms with van der Waals surface area (Å²) in [7, 11) is 0. The fraction of sp³-hybridized carbons (Fsp3) is 0. The first-order valence-electron chi connectivity index (χ1n) is 6.00. The Morgan fingerprint density at radius 2 is 0.238 bits per heavy atom. The minimum atomic E-state index is 0. The van der Waals surface area contributed by atoms with Crippen LogP contribution in [0.5, 0.6) is 0 Å². The Hall–Kier alpha value is -1.80. The van der Waals surface area contributed by atoms with Gasteiger partial charge in [0.1, 0.15) is 0 Å². The van der Waals surface area contributed by atoms with E-state index in [-0.39, 0.29) is 31.0 Å². The number of rotatable bonds is 0. The fourth-order valence-corrected chi connectivity index (χ4v) is 1.15. The van der Waals surface area contributed by atoms with Crippen molar-refractivity contribution < 1.29 is 0 Å². The van der Waals surface area contributed by atoms with Crippen LogP contribution in [-0.4, -0.2) is 0 Å². The van der Waals surface area contributed by atoms with Crippen molar-refractivity contribution in [3.05, 3.63) is 109 Å². The normalized spacial score (nSPS) is 6.86. The standard InChI is InChI=1S/3C6H6.2ClH.H3N/c3*1-2-4-6-5-3-1;;;/h3*1-6H;2*1H;1H3. The van der Waals surface area contributed by atoms with Gasteiger partial charge in [-0.25, -0.2) is 0 Å². The van der Waals surface area contributed by atoms with Gasteiger partial charge >= 0.3 is 0 Å². The SMILES string of the molecule is Cl.Cl.N.c1ccccc1.c1ccccc1.c1ccccc1. The van der Waals surface area contributed by atoms with E-state index in [9.17, 15) is 0 Å². The van der Waals surface area contributed by atoms with Gasteiger partial charge in [0.15, 0.2) is 0 Å². The van der Waals surface area contributed by atoms with E-state index in [4.69, 9.17) is 0 Å². The quantitative estimate of drug-likeness (QED) is 0.535.